The van der Waals surface area contributed by atoms with Crippen LogP contribution in [0.5, 0.6) is 5.75 Å². The van der Waals surface area contributed by atoms with Gasteiger partial charge in [-0.15, -0.1) is 0 Å². The Hall–Kier alpha value is -1.71. The summed E-state index contributed by atoms with van der Waals surface area (Å²) in [6.45, 7) is 7.33. The molecular formula is C17H26N2O2. The maximum Gasteiger partial charge on any atom is 0.242 e. The third-order valence-electron chi connectivity index (χ3n) is 3.84. The minimum absolute atomic E-state index is 0.174. The topological polar surface area (TPSA) is 41.6 Å². The molecule has 0 saturated heterocycles. The third kappa shape index (κ3) is 4.66. The molecule has 0 radical (unpaired) electrons. The molecule has 1 fully saturated rings. The molecular weight excluding hydrogens is 264 g/mol. The first kappa shape index (κ1) is 15.7. The third-order valence-corrected chi connectivity index (χ3v) is 3.84. The van der Waals surface area contributed by atoms with Gasteiger partial charge in [-0.25, -0.2) is 0 Å². The summed E-state index contributed by atoms with van der Waals surface area (Å²) in [5, 5.41) is 3.20. The zero-order chi connectivity index (χ0) is 15.2. The zero-order valence-electron chi connectivity index (χ0n) is 13.3. The highest BCUT2D eigenvalue weighted by molar-refractivity contribution is 5.81. The minimum Gasteiger partial charge on any atom is -0.491 e. The van der Waals surface area contributed by atoms with Crippen LogP contribution in [0.2, 0.25) is 0 Å². The Labute approximate surface area is 127 Å². The molecule has 1 unspecified atom stereocenters. The van der Waals surface area contributed by atoms with E-state index in [4.69, 9.17) is 4.74 Å². The van der Waals surface area contributed by atoms with Crippen LogP contribution in [0.25, 0.3) is 0 Å². The number of hydrogen-bond donors (Lipinski definition) is 1. The summed E-state index contributed by atoms with van der Waals surface area (Å²) in [4.78, 5) is 14.1. The molecule has 0 spiro atoms. The Morgan fingerprint density at radius 2 is 2.19 bits per heavy atom. The summed E-state index contributed by atoms with van der Waals surface area (Å²) >= 11 is 0. The molecule has 1 aliphatic carbocycles. The van der Waals surface area contributed by atoms with Crippen LogP contribution < -0.4 is 10.1 Å². The lowest BCUT2D eigenvalue weighted by Crippen LogP contribution is -2.37. The largest absolute Gasteiger partial charge is 0.491 e. The van der Waals surface area contributed by atoms with Gasteiger partial charge in [-0.1, -0.05) is 13.0 Å². The number of carbonyl (C=O) groups excluding carboxylic acids is 1. The fourth-order valence-corrected chi connectivity index (χ4v) is 2.30. The molecule has 21 heavy (non-hydrogen) atoms. The van der Waals surface area contributed by atoms with E-state index in [1.54, 1.807) is 0 Å². The minimum atomic E-state index is 0.174. The Balaban J connectivity index is 1.87. The van der Waals surface area contributed by atoms with Crippen LogP contribution >= 0.6 is 0 Å². The molecule has 0 aliphatic heterocycles. The molecule has 1 aromatic carbocycles. The molecule has 0 aromatic heterocycles. The number of anilines is 1. The van der Waals surface area contributed by atoms with Crippen LogP contribution in [0.15, 0.2) is 24.3 Å². The van der Waals surface area contributed by atoms with E-state index in [-0.39, 0.29) is 12.0 Å². The van der Waals surface area contributed by atoms with E-state index in [0.29, 0.717) is 12.6 Å². The van der Waals surface area contributed by atoms with Gasteiger partial charge in [-0.05, 0) is 45.2 Å². The lowest BCUT2D eigenvalue weighted by molar-refractivity contribution is -0.129. The van der Waals surface area contributed by atoms with Crippen LogP contribution in [0.3, 0.4) is 0 Å². The van der Waals surface area contributed by atoms with E-state index in [0.717, 1.165) is 37.2 Å². The van der Waals surface area contributed by atoms with E-state index in [9.17, 15) is 4.79 Å². The monoisotopic (exact) mass is 290 g/mol. The van der Waals surface area contributed by atoms with Crippen LogP contribution in [0, 0.1) is 0 Å². The van der Waals surface area contributed by atoms with Crippen LogP contribution in [-0.2, 0) is 4.79 Å². The average Bonchev–Trinajstić information content (AvgIpc) is 3.31. The van der Waals surface area contributed by atoms with Crippen molar-refractivity contribution in [3.63, 3.8) is 0 Å². The summed E-state index contributed by atoms with van der Waals surface area (Å²) in [5.74, 6) is 1.02. The Morgan fingerprint density at radius 3 is 2.81 bits per heavy atom. The smallest absolute Gasteiger partial charge is 0.242 e. The Kier molecular flexibility index (Phi) is 5.48. The van der Waals surface area contributed by atoms with E-state index < -0.39 is 0 Å². The standard InChI is InChI=1S/C17H26N2O2/c1-4-13(3)21-16-8-6-7-14(11-16)18-12-17(20)19(5-2)15-9-10-15/h6-8,11,13,15,18H,4-5,9-10,12H2,1-3H3. The molecule has 1 amide bonds. The predicted octanol–water partition coefficient (Wildman–Crippen LogP) is 3.29. The number of ether oxygens (including phenoxy) is 1. The van der Waals surface area contributed by atoms with Crippen molar-refractivity contribution in [2.45, 2.75) is 52.2 Å². The molecule has 1 N–H and O–H groups in total. The summed E-state index contributed by atoms with van der Waals surface area (Å²) in [6, 6.07) is 8.28. The van der Waals surface area contributed by atoms with Crippen molar-refractivity contribution < 1.29 is 9.53 Å². The zero-order valence-corrected chi connectivity index (χ0v) is 13.3. The number of likely N-dealkylation sites (N-methyl/N-ethyl adjacent to an activating group) is 1. The van der Waals surface area contributed by atoms with Gasteiger partial charge in [0.25, 0.3) is 0 Å². The Morgan fingerprint density at radius 1 is 1.43 bits per heavy atom. The fourth-order valence-electron chi connectivity index (χ4n) is 2.30. The first-order chi connectivity index (χ1) is 10.1. The highest BCUT2D eigenvalue weighted by atomic mass is 16.5. The maximum atomic E-state index is 12.2. The second-order valence-corrected chi connectivity index (χ2v) is 5.63. The van der Waals surface area contributed by atoms with E-state index in [2.05, 4.69) is 19.2 Å². The normalized spacial score (nSPS) is 15.4. The number of hydrogen-bond acceptors (Lipinski definition) is 3. The van der Waals surface area contributed by atoms with Gasteiger partial charge in [0.2, 0.25) is 5.91 Å². The lowest BCUT2D eigenvalue weighted by atomic mass is 10.2. The number of carbonyl (C=O) groups is 1. The Bertz CT molecular complexity index is 472. The number of nitrogens with zero attached hydrogens (tertiary/aromatic N) is 1. The van der Waals surface area contributed by atoms with Gasteiger partial charge in [0.1, 0.15) is 5.75 Å². The van der Waals surface area contributed by atoms with Crippen molar-refractivity contribution in [1.29, 1.82) is 0 Å². The van der Waals surface area contributed by atoms with E-state index in [1.165, 1.54) is 0 Å². The SMILES string of the molecule is CCC(C)Oc1cccc(NCC(=O)N(CC)C2CC2)c1. The lowest BCUT2D eigenvalue weighted by Gasteiger charge is -2.21. The first-order valence-electron chi connectivity index (χ1n) is 7.94. The number of benzene rings is 1. The van der Waals surface area contributed by atoms with Crippen molar-refractivity contribution >= 4 is 11.6 Å². The van der Waals surface area contributed by atoms with Gasteiger partial charge < -0.3 is 15.0 Å². The predicted molar refractivity (Wildman–Crippen MR) is 85.7 cm³/mol. The van der Waals surface area contributed by atoms with Crippen molar-refractivity contribution in [1.82, 2.24) is 4.90 Å². The number of amides is 1. The highest BCUT2D eigenvalue weighted by Crippen LogP contribution is 2.26. The average molecular weight is 290 g/mol. The molecule has 1 aliphatic rings. The van der Waals surface area contributed by atoms with Gasteiger partial charge >= 0.3 is 0 Å². The summed E-state index contributed by atoms with van der Waals surface area (Å²) in [7, 11) is 0. The van der Waals surface area contributed by atoms with Crippen molar-refractivity contribution in [3.05, 3.63) is 24.3 Å². The molecule has 1 saturated carbocycles. The molecule has 1 aromatic rings. The molecule has 1 atom stereocenters. The van der Waals surface area contributed by atoms with Crippen molar-refractivity contribution in [2.75, 3.05) is 18.4 Å². The molecule has 2 rings (SSSR count). The van der Waals surface area contributed by atoms with Crippen LogP contribution in [-0.4, -0.2) is 36.0 Å². The summed E-state index contributed by atoms with van der Waals surface area (Å²) in [5.41, 5.74) is 0.927. The van der Waals surface area contributed by atoms with Crippen molar-refractivity contribution in [2.24, 2.45) is 0 Å². The second kappa shape index (κ2) is 7.34. The van der Waals surface area contributed by atoms with Crippen molar-refractivity contribution in [3.8, 4) is 5.75 Å². The quantitative estimate of drug-likeness (QED) is 0.799. The van der Waals surface area contributed by atoms with E-state index >= 15 is 0 Å². The van der Waals surface area contributed by atoms with Crippen LogP contribution in [0.1, 0.15) is 40.0 Å². The first-order valence-corrected chi connectivity index (χ1v) is 7.94. The van der Waals surface area contributed by atoms with Crippen LogP contribution in [0.4, 0.5) is 5.69 Å². The molecule has 0 bridgehead atoms. The fraction of sp³-hybridized carbons (Fsp3) is 0.588. The second-order valence-electron chi connectivity index (χ2n) is 5.63. The molecule has 0 heterocycles. The van der Waals surface area contributed by atoms with E-state index in [1.807, 2.05) is 36.1 Å². The highest BCUT2D eigenvalue weighted by Gasteiger charge is 2.30. The number of rotatable bonds is 8. The summed E-state index contributed by atoms with van der Waals surface area (Å²) in [6.07, 6.45) is 3.48. The van der Waals surface area contributed by atoms with Gasteiger partial charge in [-0.2, -0.15) is 0 Å². The van der Waals surface area contributed by atoms with Gasteiger partial charge in [0, 0.05) is 24.3 Å². The van der Waals surface area contributed by atoms with Gasteiger partial charge in [0.15, 0.2) is 0 Å². The summed E-state index contributed by atoms with van der Waals surface area (Å²) < 4.78 is 5.79. The molecule has 116 valence electrons. The maximum absolute atomic E-state index is 12.2. The molecule has 4 nitrogen and oxygen atoms in total. The molecule has 4 heteroatoms. The van der Waals surface area contributed by atoms with Gasteiger partial charge in [-0.3, -0.25) is 4.79 Å². The van der Waals surface area contributed by atoms with Gasteiger partial charge in [0.05, 0.1) is 12.6 Å². The number of nitrogens with one attached hydrogen (secondary N) is 1.